The van der Waals surface area contributed by atoms with Gasteiger partial charge in [0.2, 0.25) is 0 Å². The average Bonchev–Trinajstić information content (AvgIpc) is 2.29. The van der Waals surface area contributed by atoms with E-state index >= 15 is 0 Å². The Labute approximate surface area is 92.1 Å². The molecule has 1 aliphatic rings. The quantitative estimate of drug-likeness (QED) is 0.801. The van der Waals surface area contributed by atoms with Crippen molar-refractivity contribution in [3.8, 4) is 0 Å². The van der Waals surface area contributed by atoms with Crippen LogP contribution in [0, 0.1) is 6.92 Å². The number of hydrogen-bond donors (Lipinski definition) is 1. The Hall–Kier alpha value is -0.890. The smallest absolute Gasteiger partial charge is 0.0302 e. The minimum Gasteiger partial charge on any atom is -0.317 e. The fourth-order valence-electron chi connectivity index (χ4n) is 2.56. The van der Waals surface area contributed by atoms with Gasteiger partial charge in [0.1, 0.15) is 0 Å². The highest BCUT2D eigenvalue weighted by Gasteiger charge is 2.22. The van der Waals surface area contributed by atoms with Gasteiger partial charge in [-0.15, -0.1) is 0 Å². The summed E-state index contributed by atoms with van der Waals surface area (Å²) in [6.07, 6.45) is 9.22. The summed E-state index contributed by atoms with van der Waals surface area (Å²) in [6, 6.07) is 2.99. The predicted octanol–water partition coefficient (Wildman–Crippen LogP) is 2.64. The Morgan fingerprint density at radius 1 is 1.33 bits per heavy atom. The van der Waals surface area contributed by atoms with Crippen LogP contribution in [0.4, 0.5) is 0 Å². The van der Waals surface area contributed by atoms with Gasteiger partial charge in [-0.1, -0.05) is 12.5 Å². The molecule has 2 unspecified atom stereocenters. The van der Waals surface area contributed by atoms with Crippen LogP contribution in [0.1, 0.15) is 42.7 Å². The van der Waals surface area contributed by atoms with Crippen LogP contribution in [-0.2, 0) is 0 Å². The SMILES string of the molecule is CNC1CCCC(c2cncc(C)c2)C1. The molecular weight excluding hydrogens is 184 g/mol. The van der Waals surface area contributed by atoms with Crippen LogP contribution >= 0.6 is 0 Å². The molecule has 0 spiro atoms. The summed E-state index contributed by atoms with van der Waals surface area (Å²) >= 11 is 0. The Morgan fingerprint density at radius 2 is 2.20 bits per heavy atom. The predicted molar refractivity (Wildman–Crippen MR) is 63.0 cm³/mol. The van der Waals surface area contributed by atoms with Crippen molar-refractivity contribution in [2.75, 3.05) is 7.05 Å². The van der Waals surface area contributed by atoms with Crippen molar-refractivity contribution in [1.82, 2.24) is 10.3 Å². The molecule has 0 aliphatic heterocycles. The van der Waals surface area contributed by atoms with Crippen molar-refractivity contribution in [3.63, 3.8) is 0 Å². The van der Waals surface area contributed by atoms with Crippen molar-refractivity contribution in [2.24, 2.45) is 0 Å². The van der Waals surface area contributed by atoms with E-state index in [-0.39, 0.29) is 0 Å². The molecule has 1 heterocycles. The monoisotopic (exact) mass is 204 g/mol. The highest BCUT2D eigenvalue weighted by Crippen LogP contribution is 2.32. The number of pyridine rings is 1. The Balaban J connectivity index is 2.09. The highest BCUT2D eigenvalue weighted by atomic mass is 14.9. The fraction of sp³-hybridized carbons (Fsp3) is 0.615. The summed E-state index contributed by atoms with van der Waals surface area (Å²) in [5.41, 5.74) is 2.70. The van der Waals surface area contributed by atoms with Crippen molar-refractivity contribution < 1.29 is 0 Å². The first-order valence-corrected chi connectivity index (χ1v) is 5.88. The maximum Gasteiger partial charge on any atom is 0.0302 e. The zero-order chi connectivity index (χ0) is 10.7. The molecule has 15 heavy (non-hydrogen) atoms. The molecule has 0 bridgehead atoms. The van der Waals surface area contributed by atoms with E-state index in [4.69, 9.17) is 0 Å². The van der Waals surface area contributed by atoms with Gasteiger partial charge in [0.25, 0.3) is 0 Å². The van der Waals surface area contributed by atoms with E-state index in [2.05, 4.69) is 30.3 Å². The lowest BCUT2D eigenvalue weighted by Gasteiger charge is -2.29. The lowest BCUT2D eigenvalue weighted by Crippen LogP contribution is -2.30. The largest absolute Gasteiger partial charge is 0.317 e. The number of aryl methyl sites for hydroxylation is 1. The second kappa shape index (κ2) is 4.75. The van der Waals surface area contributed by atoms with Gasteiger partial charge in [-0.2, -0.15) is 0 Å². The first-order valence-electron chi connectivity index (χ1n) is 5.88. The van der Waals surface area contributed by atoms with Crippen molar-refractivity contribution >= 4 is 0 Å². The average molecular weight is 204 g/mol. The van der Waals surface area contributed by atoms with E-state index in [1.54, 1.807) is 0 Å². The zero-order valence-corrected chi connectivity index (χ0v) is 9.66. The van der Waals surface area contributed by atoms with Gasteiger partial charge < -0.3 is 5.32 Å². The Morgan fingerprint density at radius 3 is 2.93 bits per heavy atom. The fourth-order valence-corrected chi connectivity index (χ4v) is 2.56. The summed E-state index contributed by atoms with van der Waals surface area (Å²) in [7, 11) is 2.07. The van der Waals surface area contributed by atoms with E-state index in [0.717, 1.165) is 0 Å². The first-order chi connectivity index (χ1) is 7.29. The van der Waals surface area contributed by atoms with E-state index < -0.39 is 0 Å². The second-order valence-electron chi connectivity index (χ2n) is 4.64. The molecule has 0 aromatic carbocycles. The van der Waals surface area contributed by atoms with E-state index in [1.165, 1.54) is 36.8 Å². The molecule has 1 saturated carbocycles. The third-order valence-electron chi connectivity index (χ3n) is 3.45. The van der Waals surface area contributed by atoms with Crippen LogP contribution in [0.25, 0.3) is 0 Å². The summed E-state index contributed by atoms with van der Waals surface area (Å²) in [6.45, 7) is 2.12. The van der Waals surface area contributed by atoms with E-state index in [9.17, 15) is 0 Å². The van der Waals surface area contributed by atoms with Crippen LogP contribution in [0.15, 0.2) is 18.5 Å². The van der Waals surface area contributed by atoms with Crippen LogP contribution in [-0.4, -0.2) is 18.1 Å². The number of aromatic nitrogens is 1. The zero-order valence-electron chi connectivity index (χ0n) is 9.66. The summed E-state index contributed by atoms with van der Waals surface area (Å²) in [4.78, 5) is 4.29. The Kier molecular flexibility index (Phi) is 3.37. The van der Waals surface area contributed by atoms with Gasteiger partial charge in [0, 0.05) is 18.4 Å². The molecule has 1 aromatic rings. The molecule has 2 nitrogen and oxygen atoms in total. The number of nitrogens with one attached hydrogen (secondary N) is 1. The third-order valence-corrected chi connectivity index (χ3v) is 3.45. The summed E-state index contributed by atoms with van der Waals surface area (Å²) in [5, 5.41) is 3.40. The van der Waals surface area contributed by atoms with Gasteiger partial charge in [0.05, 0.1) is 0 Å². The van der Waals surface area contributed by atoms with Gasteiger partial charge in [-0.3, -0.25) is 4.98 Å². The molecule has 1 aromatic heterocycles. The molecule has 2 rings (SSSR count). The molecule has 2 heteroatoms. The van der Waals surface area contributed by atoms with Crippen molar-refractivity contribution in [1.29, 1.82) is 0 Å². The molecule has 1 aliphatic carbocycles. The number of rotatable bonds is 2. The molecule has 1 N–H and O–H groups in total. The molecule has 0 radical (unpaired) electrons. The summed E-state index contributed by atoms with van der Waals surface area (Å²) in [5.74, 6) is 0.712. The van der Waals surface area contributed by atoms with Gasteiger partial charge in [0.15, 0.2) is 0 Å². The van der Waals surface area contributed by atoms with Crippen LogP contribution < -0.4 is 5.32 Å². The van der Waals surface area contributed by atoms with Crippen molar-refractivity contribution in [3.05, 3.63) is 29.6 Å². The number of nitrogens with zero attached hydrogens (tertiary/aromatic N) is 1. The maximum absolute atomic E-state index is 4.29. The van der Waals surface area contributed by atoms with Gasteiger partial charge >= 0.3 is 0 Å². The molecule has 0 amide bonds. The third kappa shape index (κ3) is 2.57. The van der Waals surface area contributed by atoms with Crippen LogP contribution in [0.3, 0.4) is 0 Å². The van der Waals surface area contributed by atoms with Crippen LogP contribution in [0.2, 0.25) is 0 Å². The standard InChI is InChI=1S/C13H20N2/c1-10-6-12(9-15-8-10)11-4-3-5-13(7-11)14-2/h6,8-9,11,13-14H,3-5,7H2,1-2H3. The summed E-state index contributed by atoms with van der Waals surface area (Å²) < 4.78 is 0. The minimum atomic E-state index is 0.698. The molecule has 0 saturated heterocycles. The number of hydrogen-bond acceptors (Lipinski definition) is 2. The Bertz CT molecular complexity index is 322. The van der Waals surface area contributed by atoms with Gasteiger partial charge in [-0.05, 0) is 50.3 Å². The lowest BCUT2D eigenvalue weighted by molar-refractivity contribution is 0.355. The second-order valence-corrected chi connectivity index (χ2v) is 4.64. The normalized spacial score (nSPS) is 26.5. The highest BCUT2D eigenvalue weighted by molar-refractivity contribution is 5.21. The minimum absolute atomic E-state index is 0.698. The topological polar surface area (TPSA) is 24.9 Å². The molecular formula is C13H20N2. The molecule has 2 atom stereocenters. The van der Waals surface area contributed by atoms with E-state index in [0.29, 0.717) is 12.0 Å². The maximum atomic E-state index is 4.29. The first kappa shape index (κ1) is 10.6. The van der Waals surface area contributed by atoms with Gasteiger partial charge in [-0.25, -0.2) is 0 Å². The van der Waals surface area contributed by atoms with Crippen molar-refractivity contribution in [2.45, 2.75) is 44.6 Å². The van der Waals surface area contributed by atoms with Crippen LogP contribution in [0.5, 0.6) is 0 Å². The molecule has 82 valence electrons. The molecule has 1 fully saturated rings. The lowest BCUT2D eigenvalue weighted by atomic mass is 9.82. The van der Waals surface area contributed by atoms with E-state index in [1.807, 2.05) is 12.4 Å².